The fraction of sp³-hybridized carbons (Fsp3) is 0.107. The van der Waals surface area contributed by atoms with Crippen LogP contribution in [0.25, 0.3) is 11.1 Å². The number of benzene rings is 4. The van der Waals surface area contributed by atoms with Gasteiger partial charge in [-0.05, 0) is 58.7 Å². The van der Waals surface area contributed by atoms with Crippen molar-refractivity contribution >= 4 is 17.7 Å². The van der Waals surface area contributed by atoms with Gasteiger partial charge in [0.05, 0.1) is 0 Å². The summed E-state index contributed by atoms with van der Waals surface area (Å²) in [5.74, 6) is 0.146. The van der Waals surface area contributed by atoms with Gasteiger partial charge in [0.15, 0.2) is 0 Å². The first-order valence-electron chi connectivity index (χ1n) is 10.6. The third kappa shape index (κ3) is 4.27. The van der Waals surface area contributed by atoms with Gasteiger partial charge in [-0.25, -0.2) is 0 Å². The fourth-order valence-electron chi connectivity index (χ4n) is 4.02. The average Bonchev–Trinajstić information content (AvgIpc) is 3.18. The van der Waals surface area contributed by atoms with Gasteiger partial charge in [-0.15, -0.1) is 0 Å². The van der Waals surface area contributed by atoms with Crippen LogP contribution in [0.1, 0.15) is 17.0 Å². The van der Waals surface area contributed by atoms with Crippen molar-refractivity contribution in [3.8, 4) is 16.9 Å². The van der Waals surface area contributed by atoms with Crippen LogP contribution in [0.2, 0.25) is 0 Å². The molecule has 0 saturated carbocycles. The predicted octanol–water partition coefficient (Wildman–Crippen LogP) is 6.57. The molecule has 0 fully saturated rings. The Morgan fingerprint density at radius 1 is 0.656 bits per heavy atom. The Bertz CT molecular complexity index is 1170. The molecular formula is C28H22O3S. The molecule has 4 aromatic carbocycles. The van der Waals surface area contributed by atoms with E-state index in [-0.39, 0.29) is 18.5 Å². The molecule has 4 aromatic rings. The van der Waals surface area contributed by atoms with Gasteiger partial charge in [0, 0.05) is 9.79 Å². The number of hydrogen-bond acceptors (Lipinski definition) is 4. The van der Waals surface area contributed by atoms with E-state index in [0.717, 1.165) is 32.9 Å². The molecule has 0 aromatic heterocycles. The number of carbonyl (C=O) groups excluding carboxylic acids is 1. The van der Waals surface area contributed by atoms with E-state index in [4.69, 9.17) is 9.47 Å². The molecule has 32 heavy (non-hydrogen) atoms. The highest BCUT2D eigenvalue weighted by Crippen LogP contribution is 2.45. The van der Waals surface area contributed by atoms with Gasteiger partial charge in [0.1, 0.15) is 24.9 Å². The summed E-state index contributed by atoms with van der Waals surface area (Å²) in [4.78, 5) is 15.3. The van der Waals surface area contributed by atoms with Crippen LogP contribution < -0.4 is 4.74 Å². The number of carbonyl (C=O) groups is 1. The van der Waals surface area contributed by atoms with Gasteiger partial charge in [-0.1, -0.05) is 78.5 Å². The number of rotatable bonds is 7. The topological polar surface area (TPSA) is 35.5 Å². The lowest BCUT2D eigenvalue weighted by molar-refractivity contribution is -0.145. The van der Waals surface area contributed by atoms with Crippen LogP contribution in [-0.2, 0) is 9.53 Å². The normalized spacial score (nSPS) is 12.1. The Morgan fingerprint density at radius 2 is 1.22 bits per heavy atom. The van der Waals surface area contributed by atoms with Crippen LogP contribution in [-0.4, -0.2) is 19.2 Å². The van der Waals surface area contributed by atoms with Gasteiger partial charge >= 0.3 is 5.97 Å². The van der Waals surface area contributed by atoms with E-state index in [9.17, 15) is 4.79 Å². The lowest BCUT2D eigenvalue weighted by Gasteiger charge is -2.13. The van der Waals surface area contributed by atoms with Crippen LogP contribution in [0.4, 0.5) is 0 Å². The quantitative estimate of drug-likeness (QED) is 0.241. The molecular weight excluding hydrogens is 416 g/mol. The second kappa shape index (κ2) is 9.33. The number of fused-ring (bicyclic) bond motifs is 3. The molecule has 0 amide bonds. The van der Waals surface area contributed by atoms with Crippen molar-refractivity contribution in [1.29, 1.82) is 0 Å². The Labute approximate surface area is 192 Å². The van der Waals surface area contributed by atoms with Crippen molar-refractivity contribution in [1.82, 2.24) is 0 Å². The molecule has 0 atom stereocenters. The van der Waals surface area contributed by atoms with Crippen LogP contribution in [0, 0.1) is 0 Å². The van der Waals surface area contributed by atoms with Gasteiger partial charge in [-0.3, -0.25) is 4.79 Å². The zero-order valence-corrected chi connectivity index (χ0v) is 18.3. The molecule has 0 spiro atoms. The predicted molar refractivity (Wildman–Crippen MR) is 127 cm³/mol. The Morgan fingerprint density at radius 3 is 1.88 bits per heavy atom. The summed E-state index contributed by atoms with van der Waals surface area (Å²) in [5, 5.41) is 0. The summed E-state index contributed by atoms with van der Waals surface area (Å²) in [6, 6.07) is 34.3. The van der Waals surface area contributed by atoms with Crippen LogP contribution in [0.15, 0.2) is 113 Å². The molecule has 4 heteroatoms. The first-order valence-corrected chi connectivity index (χ1v) is 11.4. The van der Waals surface area contributed by atoms with Crippen molar-refractivity contribution in [2.45, 2.75) is 15.7 Å². The Balaban J connectivity index is 1.16. The molecule has 0 unspecified atom stereocenters. The van der Waals surface area contributed by atoms with Crippen molar-refractivity contribution in [2.75, 3.05) is 13.2 Å². The van der Waals surface area contributed by atoms with E-state index >= 15 is 0 Å². The van der Waals surface area contributed by atoms with E-state index in [2.05, 4.69) is 24.3 Å². The lowest BCUT2D eigenvalue weighted by Crippen LogP contribution is -2.18. The highest BCUT2D eigenvalue weighted by molar-refractivity contribution is 7.99. The number of esters is 1. The largest absolute Gasteiger partial charge is 0.490 e. The molecule has 158 valence electrons. The molecule has 1 aliphatic carbocycles. The lowest BCUT2D eigenvalue weighted by atomic mass is 9.97. The third-order valence-electron chi connectivity index (χ3n) is 5.47. The zero-order valence-electron chi connectivity index (χ0n) is 17.4. The van der Waals surface area contributed by atoms with E-state index < -0.39 is 0 Å². The summed E-state index contributed by atoms with van der Waals surface area (Å²) in [6.45, 7) is 0.521. The Hall–Kier alpha value is -3.50. The van der Waals surface area contributed by atoms with Crippen LogP contribution >= 0.6 is 11.8 Å². The molecule has 0 N–H and O–H groups in total. The molecule has 1 aliphatic rings. The minimum Gasteiger partial charge on any atom is -0.490 e. The fourth-order valence-corrected chi connectivity index (χ4v) is 4.86. The third-order valence-corrected chi connectivity index (χ3v) is 6.48. The highest BCUT2D eigenvalue weighted by Gasteiger charge is 2.34. The summed E-state index contributed by atoms with van der Waals surface area (Å²) in [5.41, 5.74) is 4.22. The molecule has 0 aliphatic heterocycles. The maximum Gasteiger partial charge on any atom is 0.318 e. The SMILES string of the molecule is O=C(OCCOc1ccc(Sc2ccccc2)cc1)C1c2ccccc2-c2ccccc21. The first kappa shape index (κ1) is 20.4. The molecule has 0 saturated heterocycles. The molecule has 0 radical (unpaired) electrons. The monoisotopic (exact) mass is 438 g/mol. The van der Waals surface area contributed by atoms with Crippen molar-refractivity contribution in [3.63, 3.8) is 0 Å². The van der Waals surface area contributed by atoms with Gasteiger partial charge in [0.2, 0.25) is 0 Å². The summed E-state index contributed by atoms with van der Waals surface area (Å²) >= 11 is 1.71. The van der Waals surface area contributed by atoms with Gasteiger partial charge in [-0.2, -0.15) is 0 Å². The molecule has 0 bridgehead atoms. The standard InChI is InChI=1S/C28H22O3S/c29-28(27-25-12-6-4-10-23(25)24-11-5-7-13-26(24)27)31-19-18-30-20-14-16-22(17-15-20)32-21-8-2-1-3-9-21/h1-17,27H,18-19H2. The smallest absolute Gasteiger partial charge is 0.318 e. The van der Waals surface area contributed by atoms with E-state index in [1.165, 1.54) is 4.90 Å². The minimum absolute atomic E-state index is 0.209. The van der Waals surface area contributed by atoms with Crippen molar-refractivity contribution < 1.29 is 14.3 Å². The van der Waals surface area contributed by atoms with Crippen LogP contribution in [0.3, 0.4) is 0 Å². The van der Waals surface area contributed by atoms with Gasteiger partial charge in [0.25, 0.3) is 0 Å². The summed E-state index contributed by atoms with van der Waals surface area (Å²) in [7, 11) is 0. The van der Waals surface area contributed by atoms with E-state index in [1.54, 1.807) is 11.8 Å². The number of ether oxygens (including phenoxy) is 2. The maximum absolute atomic E-state index is 12.9. The van der Waals surface area contributed by atoms with Crippen molar-refractivity contribution in [3.05, 3.63) is 114 Å². The van der Waals surface area contributed by atoms with Gasteiger partial charge < -0.3 is 9.47 Å². The Kier molecular flexibility index (Phi) is 5.95. The molecule has 3 nitrogen and oxygen atoms in total. The molecule has 0 heterocycles. The maximum atomic E-state index is 12.9. The highest BCUT2D eigenvalue weighted by atomic mass is 32.2. The summed E-state index contributed by atoms with van der Waals surface area (Å²) in [6.07, 6.45) is 0. The van der Waals surface area contributed by atoms with Crippen LogP contribution in [0.5, 0.6) is 5.75 Å². The van der Waals surface area contributed by atoms with Crippen molar-refractivity contribution in [2.24, 2.45) is 0 Å². The number of hydrogen-bond donors (Lipinski definition) is 0. The molecule has 5 rings (SSSR count). The zero-order chi connectivity index (χ0) is 21.8. The second-order valence-corrected chi connectivity index (χ2v) is 8.66. The first-order chi connectivity index (χ1) is 15.8. The van der Waals surface area contributed by atoms with E-state index in [1.807, 2.05) is 78.9 Å². The minimum atomic E-state index is -0.378. The van der Waals surface area contributed by atoms with E-state index in [0.29, 0.717) is 6.61 Å². The average molecular weight is 439 g/mol. The second-order valence-electron chi connectivity index (χ2n) is 7.51. The summed E-state index contributed by atoms with van der Waals surface area (Å²) < 4.78 is 11.4.